The lowest BCUT2D eigenvalue weighted by atomic mass is 10.1. The number of amides is 2. The van der Waals surface area contributed by atoms with Gasteiger partial charge in [-0.2, -0.15) is 0 Å². The number of benzene rings is 2. The maximum atomic E-state index is 12.0. The highest BCUT2D eigenvalue weighted by molar-refractivity contribution is 5.89. The summed E-state index contributed by atoms with van der Waals surface area (Å²) in [4.78, 5) is 12.0. The minimum absolute atomic E-state index is 0.0473. The van der Waals surface area contributed by atoms with E-state index in [1.54, 1.807) is 0 Å². The Kier molecular flexibility index (Phi) is 5.21. The van der Waals surface area contributed by atoms with Crippen LogP contribution in [0.25, 0.3) is 0 Å². The van der Waals surface area contributed by atoms with Gasteiger partial charge in [-0.15, -0.1) is 0 Å². The van der Waals surface area contributed by atoms with Crippen molar-refractivity contribution >= 4 is 11.7 Å². The maximum Gasteiger partial charge on any atom is 0.319 e. The fourth-order valence-electron chi connectivity index (χ4n) is 1.99. The van der Waals surface area contributed by atoms with Crippen LogP contribution in [-0.2, 0) is 0 Å². The van der Waals surface area contributed by atoms with Gasteiger partial charge >= 0.3 is 6.03 Å². The number of rotatable bonds is 5. The van der Waals surface area contributed by atoms with E-state index in [4.69, 9.17) is 4.74 Å². The van der Waals surface area contributed by atoms with Crippen molar-refractivity contribution in [1.82, 2.24) is 5.32 Å². The third-order valence-corrected chi connectivity index (χ3v) is 3.07. The Bertz CT molecular complexity index is 567. The summed E-state index contributed by atoms with van der Waals surface area (Å²) < 4.78 is 5.36. The van der Waals surface area contributed by atoms with Gasteiger partial charge in [0.25, 0.3) is 0 Å². The average Bonchev–Trinajstić information content (AvgIpc) is 2.50. The summed E-state index contributed by atoms with van der Waals surface area (Å²) in [7, 11) is 0. The summed E-state index contributed by atoms with van der Waals surface area (Å²) in [6.45, 7) is 4.51. The number of nitrogens with one attached hydrogen (secondary N) is 2. The van der Waals surface area contributed by atoms with Gasteiger partial charge in [0.1, 0.15) is 5.75 Å². The minimum atomic E-state index is -0.226. The van der Waals surface area contributed by atoms with E-state index in [2.05, 4.69) is 10.6 Å². The first-order chi connectivity index (χ1) is 10.2. The largest absolute Gasteiger partial charge is 0.494 e. The van der Waals surface area contributed by atoms with Gasteiger partial charge in [0.05, 0.1) is 12.6 Å². The van der Waals surface area contributed by atoms with Crippen LogP contribution in [0, 0.1) is 0 Å². The van der Waals surface area contributed by atoms with Gasteiger partial charge in [-0.05, 0) is 43.7 Å². The van der Waals surface area contributed by atoms with Gasteiger partial charge < -0.3 is 15.4 Å². The molecular weight excluding hydrogens is 264 g/mol. The highest BCUT2D eigenvalue weighted by Crippen LogP contribution is 2.16. The predicted octanol–water partition coefficient (Wildman–Crippen LogP) is 3.97. The quantitative estimate of drug-likeness (QED) is 0.873. The molecule has 0 spiro atoms. The van der Waals surface area contributed by atoms with Crippen molar-refractivity contribution in [2.75, 3.05) is 11.9 Å². The molecule has 2 aromatic rings. The van der Waals surface area contributed by atoms with Crippen molar-refractivity contribution in [3.05, 3.63) is 60.2 Å². The van der Waals surface area contributed by atoms with Gasteiger partial charge in [0.2, 0.25) is 0 Å². The van der Waals surface area contributed by atoms with E-state index in [9.17, 15) is 4.79 Å². The number of hydrogen-bond donors (Lipinski definition) is 2. The number of anilines is 1. The monoisotopic (exact) mass is 284 g/mol. The Morgan fingerprint density at radius 1 is 1.10 bits per heavy atom. The van der Waals surface area contributed by atoms with Gasteiger partial charge in [0.15, 0.2) is 0 Å². The SMILES string of the molecule is CCOc1ccc(NC(=O)N[C@H](C)c2ccccc2)cc1. The van der Waals surface area contributed by atoms with Gasteiger partial charge in [-0.3, -0.25) is 0 Å². The lowest BCUT2D eigenvalue weighted by Gasteiger charge is -2.15. The molecule has 1 atom stereocenters. The fraction of sp³-hybridized carbons (Fsp3) is 0.235. The Balaban J connectivity index is 1.89. The van der Waals surface area contributed by atoms with Gasteiger partial charge in [-0.25, -0.2) is 4.79 Å². The summed E-state index contributed by atoms with van der Waals surface area (Å²) in [5.74, 6) is 0.793. The molecule has 110 valence electrons. The first-order valence-electron chi connectivity index (χ1n) is 7.04. The normalized spacial score (nSPS) is 11.5. The molecule has 0 bridgehead atoms. The molecule has 2 rings (SSSR count). The number of hydrogen-bond acceptors (Lipinski definition) is 2. The first kappa shape index (κ1) is 14.9. The van der Waals surface area contributed by atoms with E-state index in [0.29, 0.717) is 6.61 Å². The molecule has 4 nitrogen and oxygen atoms in total. The van der Waals surface area contributed by atoms with Crippen LogP contribution < -0.4 is 15.4 Å². The van der Waals surface area contributed by atoms with E-state index in [0.717, 1.165) is 17.0 Å². The van der Waals surface area contributed by atoms with Gasteiger partial charge in [0, 0.05) is 5.69 Å². The molecule has 4 heteroatoms. The maximum absolute atomic E-state index is 12.0. The van der Waals surface area contributed by atoms with Crippen LogP contribution in [0.5, 0.6) is 5.75 Å². The van der Waals surface area contributed by atoms with Crippen LogP contribution in [0.15, 0.2) is 54.6 Å². The summed E-state index contributed by atoms with van der Waals surface area (Å²) in [5.41, 5.74) is 1.80. The van der Waals surface area contributed by atoms with Crippen molar-refractivity contribution < 1.29 is 9.53 Å². The van der Waals surface area contributed by atoms with Crippen LogP contribution in [0.3, 0.4) is 0 Å². The van der Waals surface area contributed by atoms with Crippen LogP contribution in [0.2, 0.25) is 0 Å². The Morgan fingerprint density at radius 3 is 2.38 bits per heavy atom. The Labute approximate surface area is 125 Å². The highest BCUT2D eigenvalue weighted by atomic mass is 16.5. The third kappa shape index (κ3) is 4.53. The van der Waals surface area contributed by atoms with E-state index in [1.165, 1.54) is 0 Å². The fourth-order valence-corrected chi connectivity index (χ4v) is 1.99. The molecule has 0 aliphatic rings. The molecule has 0 saturated carbocycles. The molecule has 0 aliphatic carbocycles. The zero-order chi connectivity index (χ0) is 15.1. The molecule has 2 amide bonds. The van der Waals surface area contributed by atoms with E-state index in [1.807, 2.05) is 68.4 Å². The number of carbonyl (C=O) groups excluding carboxylic acids is 1. The molecule has 0 unspecified atom stereocenters. The minimum Gasteiger partial charge on any atom is -0.494 e. The smallest absolute Gasteiger partial charge is 0.319 e. The van der Waals surface area contributed by atoms with Crippen molar-refractivity contribution in [3.8, 4) is 5.75 Å². The number of ether oxygens (including phenoxy) is 1. The summed E-state index contributed by atoms with van der Waals surface area (Å²) >= 11 is 0. The zero-order valence-electron chi connectivity index (χ0n) is 12.3. The zero-order valence-corrected chi connectivity index (χ0v) is 12.3. The second kappa shape index (κ2) is 7.33. The molecule has 0 aliphatic heterocycles. The summed E-state index contributed by atoms with van der Waals surface area (Å²) in [6.07, 6.45) is 0. The highest BCUT2D eigenvalue weighted by Gasteiger charge is 2.09. The first-order valence-corrected chi connectivity index (χ1v) is 7.04. The summed E-state index contributed by atoms with van der Waals surface area (Å²) in [6, 6.07) is 16.9. The number of carbonyl (C=O) groups is 1. The Morgan fingerprint density at radius 2 is 1.76 bits per heavy atom. The molecule has 0 fully saturated rings. The van der Waals surface area contributed by atoms with Crippen molar-refractivity contribution in [3.63, 3.8) is 0 Å². The van der Waals surface area contributed by atoms with E-state index in [-0.39, 0.29) is 12.1 Å². The topological polar surface area (TPSA) is 50.4 Å². The molecular formula is C17H20N2O2. The predicted molar refractivity (Wildman–Crippen MR) is 84.6 cm³/mol. The molecule has 2 N–H and O–H groups in total. The van der Waals surface area contributed by atoms with Crippen LogP contribution in [0.1, 0.15) is 25.5 Å². The van der Waals surface area contributed by atoms with Gasteiger partial charge in [-0.1, -0.05) is 30.3 Å². The lowest BCUT2D eigenvalue weighted by Crippen LogP contribution is -2.31. The lowest BCUT2D eigenvalue weighted by molar-refractivity contribution is 0.249. The molecule has 21 heavy (non-hydrogen) atoms. The van der Waals surface area contributed by atoms with Crippen molar-refractivity contribution in [1.29, 1.82) is 0 Å². The van der Waals surface area contributed by atoms with E-state index >= 15 is 0 Å². The molecule has 0 aromatic heterocycles. The standard InChI is InChI=1S/C17H20N2O2/c1-3-21-16-11-9-15(10-12-16)19-17(20)18-13(2)14-7-5-4-6-8-14/h4-13H,3H2,1-2H3,(H2,18,19,20)/t13-/m1/s1. The molecule has 0 radical (unpaired) electrons. The second-order valence-electron chi connectivity index (χ2n) is 4.69. The molecule has 0 saturated heterocycles. The second-order valence-corrected chi connectivity index (χ2v) is 4.69. The van der Waals surface area contributed by atoms with Crippen LogP contribution in [0.4, 0.5) is 10.5 Å². The number of urea groups is 1. The third-order valence-electron chi connectivity index (χ3n) is 3.07. The average molecular weight is 284 g/mol. The van der Waals surface area contributed by atoms with Crippen molar-refractivity contribution in [2.45, 2.75) is 19.9 Å². The van der Waals surface area contributed by atoms with E-state index < -0.39 is 0 Å². The molecule has 2 aromatic carbocycles. The van der Waals surface area contributed by atoms with Crippen LogP contribution in [-0.4, -0.2) is 12.6 Å². The summed E-state index contributed by atoms with van der Waals surface area (Å²) in [5, 5.41) is 5.71. The van der Waals surface area contributed by atoms with Crippen LogP contribution >= 0.6 is 0 Å². The van der Waals surface area contributed by atoms with Crippen molar-refractivity contribution in [2.24, 2.45) is 0 Å². The molecule has 0 heterocycles. The Hall–Kier alpha value is -2.49.